The van der Waals surface area contributed by atoms with Crippen LogP contribution in [0.5, 0.6) is 0 Å². The van der Waals surface area contributed by atoms with Gasteiger partial charge in [-0.2, -0.15) is 0 Å². The Hall–Kier alpha value is -0.630. The average Bonchev–Trinajstić information content (AvgIpc) is 2.78. The lowest BCUT2D eigenvalue weighted by atomic mass is 9.87. The van der Waals surface area contributed by atoms with Crippen molar-refractivity contribution < 1.29 is 21.6 Å². The van der Waals surface area contributed by atoms with Crippen LogP contribution in [0.25, 0.3) is 0 Å². The number of rotatable bonds is 4. The van der Waals surface area contributed by atoms with Gasteiger partial charge in [0.2, 0.25) is 6.41 Å². The topological polar surface area (TPSA) is 97.4 Å². The molecule has 0 unspecified atom stereocenters. The largest absolute Gasteiger partial charge is 0.355 e. The molecular formula is C10H17NO5S2. The lowest BCUT2D eigenvalue weighted by molar-refractivity contribution is -0.110. The van der Waals surface area contributed by atoms with Gasteiger partial charge in [-0.25, -0.2) is 16.8 Å². The normalized spacial score (nSPS) is 33.6. The van der Waals surface area contributed by atoms with Crippen molar-refractivity contribution in [2.24, 2.45) is 11.8 Å². The van der Waals surface area contributed by atoms with Crippen molar-refractivity contribution in [3.05, 3.63) is 0 Å². The number of carbonyl (C=O) groups excluding carboxylic acids is 1. The van der Waals surface area contributed by atoms with E-state index >= 15 is 0 Å². The number of amides is 1. The zero-order valence-electron chi connectivity index (χ0n) is 9.91. The van der Waals surface area contributed by atoms with E-state index in [4.69, 9.17) is 0 Å². The van der Waals surface area contributed by atoms with Crippen LogP contribution in [0.3, 0.4) is 0 Å². The van der Waals surface area contributed by atoms with E-state index in [2.05, 4.69) is 5.32 Å². The van der Waals surface area contributed by atoms with Crippen LogP contribution >= 0.6 is 0 Å². The van der Waals surface area contributed by atoms with Gasteiger partial charge in [0.25, 0.3) is 0 Å². The Morgan fingerprint density at radius 3 is 1.67 bits per heavy atom. The van der Waals surface area contributed by atoms with E-state index in [1.54, 1.807) is 0 Å². The van der Waals surface area contributed by atoms with Crippen molar-refractivity contribution in [1.82, 2.24) is 5.32 Å². The van der Waals surface area contributed by atoms with Crippen LogP contribution in [-0.4, -0.2) is 52.3 Å². The fraction of sp³-hybridized carbons (Fsp3) is 0.900. The van der Waals surface area contributed by atoms with E-state index in [1.165, 1.54) is 0 Å². The maximum Gasteiger partial charge on any atom is 0.207 e. The predicted molar refractivity (Wildman–Crippen MR) is 66.5 cm³/mol. The molecule has 0 aromatic carbocycles. The summed E-state index contributed by atoms with van der Waals surface area (Å²) in [5, 5.41) is 2.63. The minimum absolute atomic E-state index is 0.0506. The Morgan fingerprint density at radius 2 is 1.39 bits per heavy atom. The predicted octanol–water partition coefficient (Wildman–Crippen LogP) is -1.03. The summed E-state index contributed by atoms with van der Waals surface area (Å²) in [5.41, 5.74) is 0. The Balaban J connectivity index is 2.12. The molecule has 0 saturated carbocycles. The minimum Gasteiger partial charge on any atom is -0.355 e. The molecule has 2 rings (SSSR count). The molecular weight excluding hydrogens is 278 g/mol. The molecule has 0 spiro atoms. The van der Waals surface area contributed by atoms with Crippen LogP contribution in [0, 0.1) is 11.8 Å². The average molecular weight is 295 g/mol. The van der Waals surface area contributed by atoms with E-state index in [-0.39, 0.29) is 40.9 Å². The molecule has 0 aromatic heterocycles. The van der Waals surface area contributed by atoms with Crippen molar-refractivity contribution >= 4 is 26.1 Å². The molecule has 2 saturated heterocycles. The van der Waals surface area contributed by atoms with Gasteiger partial charge in [0.1, 0.15) is 0 Å². The summed E-state index contributed by atoms with van der Waals surface area (Å²) in [6.07, 6.45) is 1.55. The molecule has 2 atom stereocenters. The van der Waals surface area contributed by atoms with Crippen molar-refractivity contribution in [2.45, 2.75) is 18.9 Å². The fourth-order valence-electron chi connectivity index (χ4n) is 2.95. The first kappa shape index (κ1) is 13.8. The number of carbonyl (C=O) groups is 1. The molecule has 18 heavy (non-hydrogen) atoms. The van der Waals surface area contributed by atoms with Crippen molar-refractivity contribution in [3.63, 3.8) is 0 Å². The summed E-state index contributed by atoms with van der Waals surface area (Å²) >= 11 is 0. The number of nitrogens with one attached hydrogen (secondary N) is 1. The number of hydrogen-bond acceptors (Lipinski definition) is 5. The van der Waals surface area contributed by atoms with E-state index in [0.29, 0.717) is 19.3 Å². The molecule has 104 valence electrons. The first-order chi connectivity index (χ1) is 8.33. The fourth-order valence-corrected chi connectivity index (χ4v) is 6.66. The highest BCUT2D eigenvalue weighted by Gasteiger charge is 2.41. The molecule has 0 bridgehead atoms. The van der Waals surface area contributed by atoms with E-state index in [1.807, 2.05) is 0 Å². The summed E-state index contributed by atoms with van der Waals surface area (Å²) in [6, 6.07) is -0.336. The van der Waals surface area contributed by atoms with E-state index in [0.717, 1.165) is 0 Å². The third-order valence-electron chi connectivity index (χ3n) is 3.81. The highest BCUT2D eigenvalue weighted by molar-refractivity contribution is 7.91. The van der Waals surface area contributed by atoms with Crippen LogP contribution < -0.4 is 5.32 Å². The maximum absolute atomic E-state index is 11.5. The second kappa shape index (κ2) is 4.80. The molecule has 1 amide bonds. The van der Waals surface area contributed by atoms with Gasteiger partial charge < -0.3 is 5.32 Å². The summed E-state index contributed by atoms with van der Waals surface area (Å²) < 4.78 is 45.8. The second-order valence-electron chi connectivity index (χ2n) is 5.14. The highest BCUT2D eigenvalue weighted by Crippen LogP contribution is 2.31. The number of sulfone groups is 2. The van der Waals surface area contributed by atoms with Crippen molar-refractivity contribution in [1.29, 1.82) is 0 Å². The van der Waals surface area contributed by atoms with Gasteiger partial charge in [0.05, 0.1) is 23.0 Å². The molecule has 2 aliphatic rings. The standard InChI is InChI=1S/C10H17NO5S2/c12-7-11-10(8-1-3-17(13,14)5-8)9-2-4-18(15,16)6-9/h7-10H,1-6H2,(H,11,12)/t8-,9-/m1/s1. The van der Waals surface area contributed by atoms with Gasteiger partial charge in [0.15, 0.2) is 19.7 Å². The van der Waals surface area contributed by atoms with Gasteiger partial charge >= 0.3 is 0 Å². The molecule has 6 nitrogen and oxygen atoms in total. The summed E-state index contributed by atoms with van der Waals surface area (Å²) in [4.78, 5) is 10.6. The van der Waals surface area contributed by atoms with Gasteiger partial charge in [-0.1, -0.05) is 0 Å². The lowest BCUT2D eigenvalue weighted by Crippen LogP contribution is -2.42. The molecule has 1 N–H and O–H groups in total. The Kier molecular flexibility index (Phi) is 3.68. The van der Waals surface area contributed by atoms with Crippen molar-refractivity contribution in [2.75, 3.05) is 23.0 Å². The smallest absolute Gasteiger partial charge is 0.207 e. The molecule has 8 heteroatoms. The molecule has 0 aliphatic carbocycles. The first-order valence-corrected chi connectivity index (χ1v) is 9.58. The number of hydrogen-bond donors (Lipinski definition) is 1. The lowest BCUT2D eigenvalue weighted by Gasteiger charge is -2.26. The van der Waals surface area contributed by atoms with Crippen LogP contribution in [-0.2, 0) is 24.5 Å². The summed E-state index contributed by atoms with van der Waals surface area (Å²) in [6.45, 7) is 0. The third kappa shape index (κ3) is 3.03. The van der Waals surface area contributed by atoms with Gasteiger partial charge in [-0.05, 0) is 24.7 Å². The third-order valence-corrected chi connectivity index (χ3v) is 7.40. The second-order valence-corrected chi connectivity index (χ2v) is 9.59. The van der Waals surface area contributed by atoms with Crippen LogP contribution in [0.4, 0.5) is 0 Å². The summed E-state index contributed by atoms with van der Waals surface area (Å²) in [5.74, 6) is 0.0592. The Bertz CT molecular complexity index is 480. The SMILES string of the molecule is O=CNC([C@@H]1CCS(=O)(=O)C1)[C@@H]1CCS(=O)(=O)C1. The van der Waals surface area contributed by atoms with Crippen LogP contribution in [0.2, 0.25) is 0 Å². The molecule has 2 aliphatic heterocycles. The molecule has 2 heterocycles. The van der Waals surface area contributed by atoms with Gasteiger partial charge in [0, 0.05) is 6.04 Å². The first-order valence-electron chi connectivity index (χ1n) is 5.93. The Morgan fingerprint density at radius 1 is 0.944 bits per heavy atom. The molecule has 2 fully saturated rings. The highest BCUT2D eigenvalue weighted by atomic mass is 32.2. The maximum atomic E-state index is 11.5. The van der Waals surface area contributed by atoms with Crippen molar-refractivity contribution in [3.8, 4) is 0 Å². The van der Waals surface area contributed by atoms with E-state index < -0.39 is 19.7 Å². The van der Waals surface area contributed by atoms with Gasteiger partial charge in [-0.3, -0.25) is 4.79 Å². The van der Waals surface area contributed by atoms with E-state index in [9.17, 15) is 21.6 Å². The Labute approximate surface area is 107 Å². The zero-order chi connectivity index (χ0) is 13.4. The summed E-state index contributed by atoms with van der Waals surface area (Å²) in [7, 11) is -6.04. The quantitative estimate of drug-likeness (QED) is 0.669. The van der Waals surface area contributed by atoms with Gasteiger partial charge in [-0.15, -0.1) is 0 Å². The zero-order valence-corrected chi connectivity index (χ0v) is 11.5. The monoisotopic (exact) mass is 295 g/mol. The van der Waals surface area contributed by atoms with Crippen LogP contribution in [0.15, 0.2) is 0 Å². The molecule has 0 aromatic rings. The minimum atomic E-state index is -3.02. The van der Waals surface area contributed by atoms with Crippen LogP contribution in [0.1, 0.15) is 12.8 Å². The molecule has 0 radical (unpaired) electrons.